The molecule has 0 radical (unpaired) electrons. The van der Waals surface area contributed by atoms with Crippen LogP contribution in [0.15, 0.2) is 47.2 Å². The van der Waals surface area contributed by atoms with Gasteiger partial charge in [-0.25, -0.2) is 0 Å². The smallest absolute Gasteiger partial charge is 0.246 e. The van der Waals surface area contributed by atoms with Crippen molar-refractivity contribution in [3.8, 4) is 0 Å². The lowest BCUT2D eigenvalue weighted by Gasteiger charge is -2.25. The topological polar surface area (TPSA) is 40.6 Å². The fourth-order valence-corrected chi connectivity index (χ4v) is 3.85. The second kappa shape index (κ2) is 6.98. The van der Waals surface area contributed by atoms with E-state index in [0.717, 1.165) is 11.3 Å². The molecule has 1 fully saturated rings. The highest BCUT2D eigenvalue weighted by molar-refractivity contribution is 8.00. The average molecular weight is 332 g/mol. The molecule has 22 heavy (non-hydrogen) atoms. The molecule has 0 spiro atoms. The van der Waals surface area contributed by atoms with E-state index >= 15 is 0 Å². The maximum Gasteiger partial charge on any atom is 0.246 e. The Labute approximate surface area is 137 Å². The molecule has 2 heterocycles. The van der Waals surface area contributed by atoms with E-state index in [1.54, 1.807) is 32.9 Å². The van der Waals surface area contributed by atoms with Gasteiger partial charge in [-0.3, -0.25) is 9.59 Å². The van der Waals surface area contributed by atoms with Crippen LogP contribution in [-0.4, -0.2) is 34.9 Å². The van der Waals surface area contributed by atoms with E-state index in [2.05, 4.69) is 0 Å². The first-order chi connectivity index (χ1) is 10.7. The molecular formula is C16H16N2O2S2. The summed E-state index contributed by atoms with van der Waals surface area (Å²) in [4.78, 5) is 27.8. The number of thiophene rings is 1. The van der Waals surface area contributed by atoms with Crippen LogP contribution in [0.5, 0.6) is 0 Å². The predicted octanol–water partition coefficient (Wildman–Crippen LogP) is 2.81. The third-order valence-electron chi connectivity index (χ3n) is 3.44. The Morgan fingerprint density at radius 2 is 2.05 bits per heavy atom. The van der Waals surface area contributed by atoms with E-state index in [9.17, 15) is 9.59 Å². The Bertz CT molecular complexity index is 643. The van der Waals surface area contributed by atoms with Crippen LogP contribution in [0.1, 0.15) is 5.56 Å². The summed E-state index contributed by atoms with van der Waals surface area (Å²) in [5.41, 5.74) is 1.96. The van der Waals surface area contributed by atoms with Crippen molar-refractivity contribution >= 4 is 40.6 Å². The fraction of sp³-hybridized carbons (Fsp3) is 0.250. The number of amides is 2. The lowest BCUT2D eigenvalue weighted by Crippen LogP contribution is -2.40. The summed E-state index contributed by atoms with van der Waals surface area (Å²) in [5.74, 6) is 1.07. The summed E-state index contributed by atoms with van der Waals surface area (Å²) in [5, 5.41) is 4.05. The van der Waals surface area contributed by atoms with Crippen molar-refractivity contribution in [2.24, 2.45) is 0 Å². The van der Waals surface area contributed by atoms with Crippen LogP contribution < -0.4 is 4.90 Å². The maximum absolute atomic E-state index is 12.7. The van der Waals surface area contributed by atoms with Gasteiger partial charge in [0.05, 0.1) is 18.2 Å². The second-order valence-electron chi connectivity index (χ2n) is 5.02. The molecule has 1 aromatic carbocycles. The van der Waals surface area contributed by atoms with Crippen LogP contribution in [0.25, 0.3) is 0 Å². The lowest BCUT2D eigenvalue weighted by molar-refractivity contribution is -0.131. The highest BCUT2D eigenvalue weighted by atomic mass is 32.2. The van der Waals surface area contributed by atoms with E-state index < -0.39 is 0 Å². The average Bonchev–Trinajstić information content (AvgIpc) is 3.18. The van der Waals surface area contributed by atoms with Crippen LogP contribution in [-0.2, 0) is 16.1 Å². The Kier molecular flexibility index (Phi) is 4.80. The summed E-state index contributed by atoms with van der Waals surface area (Å²) in [7, 11) is 0. The van der Waals surface area contributed by atoms with Crippen LogP contribution in [0.2, 0.25) is 0 Å². The van der Waals surface area contributed by atoms with E-state index in [1.165, 1.54) is 0 Å². The minimum atomic E-state index is -0.0479. The fourth-order valence-electron chi connectivity index (χ4n) is 2.29. The quantitative estimate of drug-likeness (QED) is 0.845. The number of nitrogens with zero attached hydrogens (tertiary/aromatic N) is 2. The number of carbonyl (C=O) groups is 2. The zero-order valence-corrected chi connectivity index (χ0v) is 13.6. The minimum Gasteiger partial charge on any atom is -0.323 e. The molecule has 0 unspecified atom stereocenters. The first-order valence-electron chi connectivity index (χ1n) is 6.96. The van der Waals surface area contributed by atoms with Gasteiger partial charge in [0.1, 0.15) is 6.54 Å². The normalized spacial score (nSPS) is 14.4. The monoisotopic (exact) mass is 332 g/mol. The largest absolute Gasteiger partial charge is 0.323 e. The molecule has 0 atom stereocenters. The molecule has 3 rings (SSSR count). The first-order valence-corrected chi connectivity index (χ1v) is 9.06. The molecule has 1 aliphatic rings. The van der Waals surface area contributed by atoms with Crippen LogP contribution >= 0.6 is 23.1 Å². The number of benzene rings is 1. The van der Waals surface area contributed by atoms with Crippen molar-refractivity contribution in [3.63, 3.8) is 0 Å². The number of carbonyl (C=O) groups excluding carboxylic acids is 2. The van der Waals surface area contributed by atoms with Crippen molar-refractivity contribution < 1.29 is 9.59 Å². The van der Waals surface area contributed by atoms with E-state index in [-0.39, 0.29) is 18.4 Å². The number of hydrogen-bond donors (Lipinski definition) is 0. The van der Waals surface area contributed by atoms with E-state index in [0.29, 0.717) is 18.2 Å². The standard InChI is InChI=1S/C16H16N2O2S2/c19-15(9-17-12-22-11-16(17)20)18(8-13-6-7-21-10-13)14-4-2-1-3-5-14/h1-7,10H,8-9,11-12H2. The van der Waals surface area contributed by atoms with Gasteiger partial charge < -0.3 is 9.80 Å². The minimum absolute atomic E-state index is 0.0434. The van der Waals surface area contributed by atoms with Gasteiger partial charge in [-0.05, 0) is 34.5 Å². The number of rotatable bonds is 5. The van der Waals surface area contributed by atoms with E-state index in [1.807, 2.05) is 47.2 Å². The summed E-state index contributed by atoms with van der Waals surface area (Å²) in [6.07, 6.45) is 0. The predicted molar refractivity (Wildman–Crippen MR) is 91.0 cm³/mol. The Morgan fingerprint density at radius 1 is 1.23 bits per heavy atom. The first kappa shape index (κ1) is 15.1. The number of thioether (sulfide) groups is 1. The molecule has 0 saturated carbocycles. The zero-order chi connectivity index (χ0) is 15.4. The van der Waals surface area contributed by atoms with Gasteiger partial charge in [-0.15, -0.1) is 11.8 Å². The molecule has 6 heteroatoms. The third kappa shape index (κ3) is 3.51. The molecule has 2 amide bonds. The van der Waals surface area contributed by atoms with Gasteiger partial charge in [0.2, 0.25) is 11.8 Å². The van der Waals surface area contributed by atoms with Crippen molar-refractivity contribution in [3.05, 3.63) is 52.7 Å². The molecule has 0 aliphatic carbocycles. The molecular weight excluding hydrogens is 316 g/mol. The van der Waals surface area contributed by atoms with Crippen LogP contribution in [0, 0.1) is 0 Å². The number of para-hydroxylation sites is 1. The summed E-state index contributed by atoms with van der Waals surface area (Å²) >= 11 is 3.17. The van der Waals surface area contributed by atoms with Crippen molar-refractivity contribution in [2.45, 2.75) is 6.54 Å². The van der Waals surface area contributed by atoms with Crippen LogP contribution in [0.4, 0.5) is 5.69 Å². The second-order valence-corrected chi connectivity index (χ2v) is 6.75. The van der Waals surface area contributed by atoms with Gasteiger partial charge in [-0.2, -0.15) is 11.3 Å². The Hall–Kier alpha value is -1.79. The van der Waals surface area contributed by atoms with Gasteiger partial charge in [-0.1, -0.05) is 18.2 Å². The van der Waals surface area contributed by atoms with Gasteiger partial charge in [0, 0.05) is 5.69 Å². The zero-order valence-electron chi connectivity index (χ0n) is 12.0. The third-order valence-corrected chi connectivity index (χ3v) is 5.12. The molecule has 0 bridgehead atoms. The molecule has 1 aliphatic heterocycles. The van der Waals surface area contributed by atoms with Gasteiger partial charge >= 0.3 is 0 Å². The SMILES string of the molecule is O=C1CSCN1CC(=O)N(Cc1ccsc1)c1ccccc1. The molecule has 0 N–H and O–H groups in total. The number of anilines is 1. The summed E-state index contributed by atoms with van der Waals surface area (Å²) in [6, 6.07) is 11.6. The Balaban J connectivity index is 1.78. The van der Waals surface area contributed by atoms with Gasteiger partial charge in [0.25, 0.3) is 0 Å². The molecule has 1 aromatic heterocycles. The summed E-state index contributed by atoms with van der Waals surface area (Å²) < 4.78 is 0. The highest BCUT2D eigenvalue weighted by Gasteiger charge is 2.26. The molecule has 4 nitrogen and oxygen atoms in total. The van der Waals surface area contributed by atoms with E-state index in [4.69, 9.17) is 0 Å². The molecule has 2 aromatic rings. The maximum atomic E-state index is 12.7. The number of hydrogen-bond acceptors (Lipinski definition) is 4. The Morgan fingerprint density at radius 3 is 2.68 bits per heavy atom. The highest BCUT2D eigenvalue weighted by Crippen LogP contribution is 2.20. The van der Waals surface area contributed by atoms with Crippen molar-refractivity contribution in [1.29, 1.82) is 0 Å². The van der Waals surface area contributed by atoms with Crippen molar-refractivity contribution in [2.75, 3.05) is 23.1 Å². The molecule has 1 saturated heterocycles. The van der Waals surface area contributed by atoms with Crippen LogP contribution in [0.3, 0.4) is 0 Å². The van der Waals surface area contributed by atoms with Crippen molar-refractivity contribution in [1.82, 2.24) is 4.90 Å². The summed E-state index contributed by atoms with van der Waals surface area (Å²) in [6.45, 7) is 0.673. The molecule has 114 valence electrons. The lowest BCUT2D eigenvalue weighted by atomic mass is 10.2. The van der Waals surface area contributed by atoms with Gasteiger partial charge in [0.15, 0.2) is 0 Å².